The summed E-state index contributed by atoms with van der Waals surface area (Å²) in [5.74, 6) is 0.205. The van der Waals surface area contributed by atoms with Gasteiger partial charge in [-0.15, -0.1) is 0 Å². The number of benzene rings is 1. The van der Waals surface area contributed by atoms with Crippen LogP contribution >= 0.6 is 0 Å². The lowest BCUT2D eigenvalue weighted by Gasteiger charge is -2.33. The number of alkyl halides is 3. The van der Waals surface area contributed by atoms with Crippen molar-refractivity contribution in [2.24, 2.45) is 5.10 Å². The number of furan rings is 1. The minimum Gasteiger partial charge on any atom is -0.463 e. The van der Waals surface area contributed by atoms with E-state index in [1.54, 1.807) is 24.3 Å². The summed E-state index contributed by atoms with van der Waals surface area (Å²) in [6.07, 6.45) is -4.21. The number of hydrogen-bond donors (Lipinski definition) is 1. The number of anilines is 1. The van der Waals surface area contributed by atoms with E-state index in [9.17, 15) is 18.3 Å². The van der Waals surface area contributed by atoms with Crippen molar-refractivity contribution in [1.82, 2.24) is 0 Å². The van der Waals surface area contributed by atoms with Crippen LogP contribution in [0.25, 0.3) is 0 Å². The van der Waals surface area contributed by atoms with E-state index in [2.05, 4.69) is 5.10 Å². The van der Waals surface area contributed by atoms with Crippen LogP contribution in [0.2, 0.25) is 0 Å². The van der Waals surface area contributed by atoms with E-state index in [0.29, 0.717) is 5.01 Å². The average Bonchev–Trinajstić information content (AvgIpc) is 3.06. The van der Waals surface area contributed by atoms with E-state index in [1.165, 1.54) is 24.5 Å². The standard InChI is InChI=1S/C14H11F3N2O2/c15-14(16,17)13(20)9-11(12-7-4-8-21-12)18-19(13)10-5-2-1-3-6-10/h1-8,20H,9H2. The van der Waals surface area contributed by atoms with Crippen molar-refractivity contribution in [2.45, 2.75) is 18.3 Å². The normalized spacial score (nSPS) is 22.5. The molecule has 1 aromatic heterocycles. The molecule has 0 amide bonds. The van der Waals surface area contributed by atoms with E-state index in [0.717, 1.165) is 0 Å². The lowest BCUT2D eigenvalue weighted by atomic mass is 10.0. The van der Waals surface area contributed by atoms with Crippen LogP contribution in [0.5, 0.6) is 0 Å². The highest BCUT2D eigenvalue weighted by molar-refractivity contribution is 6.01. The molecule has 21 heavy (non-hydrogen) atoms. The van der Waals surface area contributed by atoms with Crippen LogP contribution in [-0.2, 0) is 0 Å². The molecule has 1 atom stereocenters. The fourth-order valence-electron chi connectivity index (χ4n) is 2.19. The number of para-hydroxylation sites is 1. The van der Waals surface area contributed by atoms with Gasteiger partial charge in [-0.1, -0.05) is 18.2 Å². The predicted molar refractivity (Wildman–Crippen MR) is 69.8 cm³/mol. The number of nitrogens with zero attached hydrogens (tertiary/aromatic N) is 2. The summed E-state index contributed by atoms with van der Waals surface area (Å²) in [6, 6.07) is 10.8. The van der Waals surface area contributed by atoms with Crippen LogP contribution in [0.1, 0.15) is 12.2 Å². The Bertz CT molecular complexity index is 653. The first-order valence-corrected chi connectivity index (χ1v) is 6.17. The van der Waals surface area contributed by atoms with Gasteiger partial charge in [-0.05, 0) is 24.3 Å². The quantitative estimate of drug-likeness (QED) is 0.926. The first kappa shape index (κ1) is 13.7. The molecule has 0 radical (unpaired) electrons. The van der Waals surface area contributed by atoms with Gasteiger partial charge in [-0.3, -0.25) is 0 Å². The first-order valence-electron chi connectivity index (χ1n) is 6.17. The maximum atomic E-state index is 13.3. The molecule has 1 aromatic carbocycles. The molecular formula is C14H11F3N2O2. The highest BCUT2D eigenvalue weighted by Crippen LogP contribution is 2.43. The Morgan fingerprint density at radius 2 is 1.86 bits per heavy atom. The molecule has 0 saturated heterocycles. The Labute approximate surface area is 118 Å². The van der Waals surface area contributed by atoms with Gasteiger partial charge in [-0.2, -0.15) is 18.3 Å². The Balaban J connectivity index is 2.07. The zero-order chi connectivity index (χ0) is 15.1. The SMILES string of the molecule is OC1(C(F)(F)F)CC(c2ccco2)=NN1c1ccccc1. The molecule has 7 heteroatoms. The Morgan fingerprint density at radius 3 is 2.43 bits per heavy atom. The van der Waals surface area contributed by atoms with Gasteiger partial charge >= 0.3 is 6.18 Å². The molecule has 1 aliphatic heterocycles. The smallest absolute Gasteiger partial charge is 0.438 e. The topological polar surface area (TPSA) is 49.0 Å². The molecule has 110 valence electrons. The second kappa shape index (κ2) is 4.63. The highest BCUT2D eigenvalue weighted by Gasteiger charge is 2.62. The van der Waals surface area contributed by atoms with Crippen molar-refractivity contribution < 1.29 is 22.7 Å². The van der Waals surface area contributed by atoms with Gasteiger partial charge in [0.25, 0.3) is 5.72 Å². The Kier molecular flexibility index (Phi) is 3.02. The summed E-state index contributed by atoms with van der Waals surface area (Å²) in [7, 11) is 0. The summed E-state index contributed by atoms with van der Waals surface area (Å²) in [6.45, 7) is 0. The lowest BCUT2D eigenvalue weighted by Crippen LogP contribution is -2.55. The molecule has 1 unspecified atom stereocenters. The van der Waals surface area contributed by atoms with Crippen molar-refractivity contribution >= 4 is 11.4 Å². The number of aliphatic hydroxyl groups is 1. The zero-order valence-corrected chi connectivity index (χ0v) is 10.7. The average molecular weight is 296 g/mol. The summed E-state index contributed by atoms with van der Waals surface area (Å²) in [4.78, 5) is 0. The summed E-state index contributed by atoms with van der Waals surface area (Å²) >= 11 is 0. The minimum absolute atomic E-state index is 0.0451. The van der Waals surface area contributed by atoms with Crippen molar-refractivity contribution in [1.29, 1.82) is 0 Å². The van der Waals surface area contributed by atoms with Crippen LogP contribution < -0.4 is 5.01 Å². The molecule has 4 nitrogen and oxygen atoms in total. The van der Waals surface area contributed by atoms with Gasteiger partial charge in [0.05, 0.1) is 18.4 Å². The third-order valence-corrected chi connectivity index (χ3v) is 3.25. The van der Waals surface area contributed by atoms with Gasteiger partial charge in [0, 0.05) is 0 Å². The fraction of sp³-hybridized carbons (Fsp3) is 0.214. The Hall–Kier alpha value is -2.28. The predicted octanol–water partition coefficient (Wildman–Crippen LogP) is 3.14. The van der Waals surface area contributed by atoms with Crippen molar-refractivity contribution in [3.05, 3.63) is 54.5 Å². The van der Waals surface area contributed by atoms with E-state index >= 15 is 0 Å². The summed E-state index contributed by atoms with van der Waals surface area (Å²) in [5, 5.41) is 14.6. The molecule has 0 bridgehead atoms. The Morgan fingerprint density at radius 1 is 1.14 bits per heavy atom. The van der Waals surface area contributed by atoms with E-state index in [4.69, 9.17) is 4.42 Å². The van der Waals surface area contributed by atoms with Crippen molar-refractivity contribution in [3.63, 3.8) is 0 Å². The summed E-state index contributed by atoms with van der Waals surface area (Å²) < 4.78 is 45.0. The number of hydrazone groups is 1. The summed E-state index contributed by atoms with van der Waals surface area (Å²) in [5.41, 5.74) is -2.89. The van der Waals surface area contributed by atoms with E-state index in [-0.39, 0.29) is 17.2 Å². The van der Waals surface area contributed by atoms with E-state index in [1.807, 2.05) is 0 Å². The molecule has 2 heterocycles. The molecule has 1 N–H and O–H groups in total. The largest absolute Gasteiger partial charge is 0.463 e. The van der Waals surface area contributed by atoms with Crippen LogP contribution in [0.15, 0.2) is 58.2 Å². The second-order valence-electron chi connectivity index (χ2n) is 4.66. The third-order valence-electron chi connectivity index (χ3n) is 3.25. The van der Waals surface area contributed by atoms with Crippen LogP contribution in [0.4, 0.5) is 18.9 Å². The molecular weight excluding hydrogens is 285 g/mol. The van der Waals surface area contributed by atoms with Crippen molar-refractivity contribution in [2.75, 3.05) is 5.01 Å². The maximum Gasteiger partial charge on any atom is 0.438 e. The number of rotatable bonds is 2. The maximum absolute atomic E-state index is 13.3. The molecule has 0 spiro atoms. The molecule has 0 fully saturated rings. The molecule has 2 aromatic rings. The van der Waals surface area contributed by atoms with Gasteiger partial charge in [0.2, 0.25) is 0 Å². The molecule has 0 saturated carbocycles. The van der Waals surface area contributed by atoms with Gasteiger partial charge in [-0.25, -0.2) is 5.01 Å². The van der Waals surface area contributed by atoms with Crippen LogP contribution in [0.3, 0.4) is 0 Å². The van der Waals surface area contributed by atoms with E-state index < -0.39 is 18.3 Å². The minimum atomic E-state index is -4.86. The van der Waals surface area contributed by atoms with Gasteiger partial charge in [0.1, 0.15) is 11.5 Å². The van der Waals surface area contributed by atoms with Gasteiger partial charge in [0.15, 0.2) is 0 Å². The van der Waals surface area contributed by atoms with Gasteiger partial charge < -0.3 is 9.52 Å². The number of halogens is 3. The monoisotopic (exact) mass is 296 g/mol. The fourth-order valence-corrected chi connectivity index (χ4v) is 2.19. The lowest BCUT2D eigenvalue weighted by molar-refractivity contribution is -0.254. The second-order valence-corrected chi connectivity index (χ2v) is 4.66. The van der Waals surface area contributed by atoms with Crippen molar-refractivity contribution in [3.8, 4) is 0 Å². The first-order chi connectivity index (χ1) is 9.92. The molecule has 0 aliphatic carbocycles. The zero-order valence-electron chi connectivity index (χ0n) is 10.7. The number of hydrogen-bond acceptors (Lipinski definition) is 4. The highest BCUT2D eigenvalue weighted by atomic mass is 19.4. The van der Waals surface area contributed by atoms with Crippen LogP contribution in [-0.4, -0.2) is 22.7 Å². The molecule has 1 aliphatic rings. The third kappa shape index (κ3) is 2.19. The van der Waals surface area contributed by atoms with Crippen LogP contribution in [0, 0.1) is 0 Å². The molecule has 3 rings (SSSR count).